The van der Waals surface area contributed by atoms with Crippen molar-refractivity contribution >= 4 is 27.6 Å². The quantitative estimate of drug-likeness (QED) is 0.682. The van der Waals surface area contributed by atoms with Gasteiger partial charge in [-0.15, -0.1) is 0 Å². The Hall–Kier alpha value is -1.91. The number of H-pyrrole nitrogens is 1. The molecule has 0 saturated heterocycles. The number of rotatable bonds is 6. The molecule has 114 valence electrons. The summed E-state index contributed by atoms with van der Waals surface area (Å²) in [5.41, 5.74) is 0.314. The molecule has 11 heteroatoms. The largest absolute Gasteiger partial charge is 0.480 e. The predicted molar refractivity (Wildman–Crippen MR) is 72.3 cm³/mol. The summed E-state index contributed by atoms with van der Waals surface area (Å²) < 4.78 is 27.6. The van der Waals surface area contributed by atoms with Gasteiger partial charge in [0.25, 0.3) is 0 Å². The van der Waals surface area contributed by atoms with Crippen molar-refractivity contribution < 1.29 is 18.3 Å². The Morgan fingerprint density at radius 1 is 1.57 bits per heavy atom. The standard InChI is InChI=1S/C10H12ClN5O4S/c1-6-9(3-12-14-6)21(19,20)15-8(10(17)18)5-16-4-7(11)2-13-16/h2-4,8,15H,5H2,1H3,(H,12,14)(H,17,18). The molecule has 0 radical (unpaired) electrons. The number of carboxylic acids is 1. The Kier molecular flexibility index (Phi) is 4.30. The van der Waals surface area contributed by atoms with Crippen molar-refractivity contribution in [3.63, 3.8) is 0 Å². The van der Waals surface area contributed by atoms with Crippen LogP contribution in [0.5, 0.6) is 0 Å². The molecule has 0 aromatic carbocycles. The van der Waals surface area contributed by atoms with E-state index in [4.69, 9.17) is 16.7 Å². The second-order valence-electron chi connectivity index (χ2n) is 4.25. The lowest BCUT2D eigenvalue weighted by Crippen LogP contribution is -2.43. The summed E-state index contributed by atoms with van der Waals surface area (Å²) >= 11 is 5.68. The number of aliphatic carboxylic acids is 1. The fourth-order valence-corrected chi connectivity index (χ4v) is 3.13. The van der Waals surface area contributed by atoms with Crippen molar-refractivity contribution in [2.24, 2.45) is 0 Å². The zero-order valence-electron chi connectivity index (χ0n) is 10.8. The molecule has 0 amide bonds. The van der Waals surface area contributed by atoms with Crippen LogP contribution < -0.4 is 4.72 Å². The fraction of sp³-hybridized carbons (Fsp3) is 0.300. The van der Waals surface area contributed by atoms with Gasteiger partial charge in [0.2, 0.25) is 10.0 Å². The highest BCUT2D eigenvalue weighted by atomic mass is 35.5. The first-order valence-corrected chi connectivity index (χ1v) is 7.59. The number of nitrogens with one attached hydrogen (secondary N) is 2. The summed E-state index contributed by atoms with van der Waals surface area (Å²) in [6, 6.07) is -1.39. The van der Waals surface area contributed by atoms with Gasteiger partial charge in [-0.3, -0.25) is 14.6 Å². The van der Waals surface area contributed by atoms with Gasteiger partial charge >= 0.3 is 5.97 Å². The zero-order chi connectivity index (χ0) is 15.6. The average molecular weight is 334 g/mol. The first-order valence-electron chi connectivity index (χ1n) is 5.72. The van der Waals surface area contributed by atoms with Crippen LogP contribution in [-0.4, -0.2) is 45.5 Å². The summed E-state index contributed by atoms with van der Waals surface area (Å²) in [6.45, 7) is 1.32. The van der Waals surface area contributed by atoms with E-state index in [1.165, 1.54) is 24.0 Å². The third kappa shape index (κ3) is 3.60. The molecule has 1 unspecified atom stereocenters. The van der Waals surface area contributed by atoms with Crippen LogP contribution in [-0.2, 0) is 21.4 Å². The van der Waals surface area contributed by atoms with Crippen molar-refractivity contribution in [3.8, 4) is 0 Å². The van der Waals surface area contributed by atoms with Crippen molar-refractivity contribution in [1.82, 2.24) is 24.7 Å². The van der Waals surface area contributed by atoms with E-state index in [1.807, 2.05) is 0 Å². The molecular weight excluding hydrogens is 322 g/mol. The van der Waals surface area contributed by atoms with Gasteiger partial charge in [-0.1, -0.05) is 11.6 Å². The second kappa shape index (κ2) is 5.84. The van der Waals surface area contributed by atoms with Gasteiger partial charge in [-0.2, -0.15) is 14.9 Å². The Labute approximate surface area is 125 Å². The number of carboxylic acid groups (broad SMARTS) is 1. The molecule has 0 bridgehead atoms. The number of aromatic nitrogens is 4. The maximum atomic E-state index is 12.1. The minimum absolute atomic E-state index is 0.104. The van der Waals surface area contributed by atoms with E-state index in [2.05, 4.69) is 20.0 Å². The number of aryl methyl sites for hydroxylation is 1. The van der Waals surface area contributed by atoms with Gasteiger partial charge in [0, 0.05) is 6.20 Å². The Morgan fingerprint density at radius 2 is 2.29 bits per heavy atom. The van der Waals surface area contributed by atoms with Crippen molar-refractivity contribution in [3.05, 3.63) is 29.3 Å². The maximum Gasteiger partial charge on any atom is 0.323 e. The minimum Gasteiger partial charge on any atom is -0.480 e. The van der Waals surface area contributed by atoms with Crippen LogP contribution in [0.25, 0.3) is 0 Å². The van der Waals surface area contributed by atoms with E-state index in [0.29, 0.717) is 10.7 Å². The number of hydrogen-bond donors (Lipinski definition) is 3. The fourth-order valence-electron chi connectivity index (χ4n) is 1.65. The smallest absolute Gasteiger partial charge is 0.323 e. The molecular formula is C10H12ClN5O4S. The molecule has 2 rings (SSSR count). The zero-order valence-corrected chi connectivity index (χ0v) is 12.4. The lowest BCUT2D eigenvalue weighted by molar-refractivity contribution is -0.139. The van der Waals surface area contributed by atoms with Crippen molar-refractivity contribution in [1.29, 1.82) is 0 Å². The van der Waals surface area contributed by atoms with Crippen LogP contribution >= 0.6 is 11.6 Å². The van der Waals surface area contributed by atoms with Crippen LogP contribution in [0.1, 0.15) is 5.69 Å². The van der Waals surface area contributed by atoms with Gasteiger partial charge in [0.05, 0.1) is 29.7 Å². The minimum atomic E-state index is -4.00. The Balaban J connectivity index is 2.20. The first kappa shape index (κ1) is 15.5. The Bertz CT molecular complexity index is 753. The monoisotopic (exact) mass is 333 g/mol. The summed E-state index contributed by atoms with van der Waals surface area (Å²) in [5, 5.41) is 19.4. The van der Waals surface area contributed by atoms with E-state index in [-0.39, 0.29) is 11.4 Å². The van der Waals surface area contributed by atoms with E-state index in [0.717, 1.165) is 6.20 Å². The normalized spacial score (nSPS) is 13.2. The lowest BCUT2D eigenvalue weighted by atomic mass is 10.3. The molecule has 1 atom stereocenters. The van der Waals surface area contributed by atoms with Crippen LogP contribution in [0.4, 0.5) is 0 Å². The highest BCUT2D eigenvalue weighted by Gasteiger charge is 2.28. The number of hydrogen-bond acceptors (Lipinski definition) is 5. The third-order valence-corrected chi connectivity index (χ3v) is 4.42. The highest BCUT2D eigenvalue weighted by Crippen LogP contribution is 2.12. The molecule has 2 aromatic heterocycles. The van der Waals surface area contributed by atoms with E-state index < -0.39 is 22.0 Å². The van der Waals surface area contributed by atoms with Gasteiger partial charge in [0.1, 0.15) is 10.9 Å². The topological polar surface area (TPSA) is 130 Å². The molecule has 2 heterocycles. The Morgan fingerprint density at radius 3 is 2.76 bits per heavy atom. The van der Waals surface area contributed by atoms with Crippen LogP contribution in [0.15, 0.2) is 23.5 Å². The molecule has 2 aromatic rings. The molecule has 0 aliphatic carbocycles. The summed E-state index contributed by atoms with van der Waals surface area (Å²) in [7, 11) is -4.00. The maximum absolute atomic E-state index is 12.1. The SMILES string of the molecule is Cc1[nH]ncc1S(=O)(=O)NC(Cn1cc(Cl)cn1)C(=O)O. The van der Waals surface area contributed by atoms with E-state index in [9.17, 15) is 13.2 Å². The second-order valence-corrected chi connectivity index (χ2v) is 6.37. The summed E-state index contributed by atoms with van der Waals surface area (Å²) in [5.74, 6) is -1.33. The van der Waals surface area contributed by atoms with Gasteiger partial charge in [-0.05, 0) is 6.92 Å². The highest BCUT2D eigenvalue weighted by molar-refractivity contribution is 7.89. The number of sulfonamides is 1. The molecule has 0 saturated carbocycles. The van der Waals surface area contributed by atoms with Gasteiger partial charge < -0.3 is 5.11 Å². The number of nitrogens with zero attached hydrogens (tertiary/aromatic N) is 3. The molecule has 0 spiro atoms. The molecule has 3 N–H and O–H groups in total. The predicted octanol–water partition coefficient (Wildman–Crippen LogP) is -0.000280. The number of carbonyl (C=O) groups is 1. The third-order valence-electron chi connectivity index (χ3n) is 2.64. The van der Waals surface area contributed by atoms with Crippen molar-refractivity contribution in [2.45, 2.75) is 24.4 Å². The number of aromatic amines is 1. The van der Waals surface area contributed by atoms with E-state index >= 15 is 0 Å². The molecule has 21 heavy (non-hydrogen) atoms. The summed E-state index contributed by atoms with van der Waals surface area (Å²) in [4.78, 5) is 11.1. The number of halogens is 1. The molecule has 9 nitrogen and oxygen atoms in total. The van der Waals surface area contributed by atoms with Crippen LogP contribution in [0.3, 0.4) is 0 Å². The molecule has 0 fully saturated rings. The van der Waals surface area contributed by atoms with Crippen LogP contribution in [0, 0.1) is 6.92 Å². The van der Waals surface area contributed by atoms with Gasteiger partial charge in [-0.25, -0.2) is 8.42 Å². The van der Waals surface area contributed by atoms with E-state index in [1.54, 1.807) is 0 Å². The van der Waals surface area contributed by atoms with Crippen molar-refractivity contribution in [2.75, 3.05) is 0 Å². The van der Waals surface area contributed by atoms with Crippen LogP contribution in [0.2, 0.25) is 5.02 Å². The average Bonchev–Trinajstić information content (AvgIpc) is 2.97. The lowest BCUT2D eigenvalue weighted by Gasteiger charge is -2.14. The van der Waals surface area contributed by atoms with Gasteiger partial charge in [0.15, 0.2) is 0 Å². The molecule has 0 aliphatic rings. The first-order chi connectivity index (χ1) is 9.79. The summed E-state index contributed by atoms with van der Waals surface area (Å²) in [6.07, 6.45) is 3.84. The molecule has 0 aliphatic heterocycles.